The molecular formula is C7H13Cl2N. The zero-order valence-electron chi connectivity index (χ0n) is 6.02. The third-order valence-corrected chi connectivity index (χ3v) is 2.65. The van der Waals surface area contributed by atoms with Crippen molar-refractivity contribution in [3.8, 4) is 0 Å². The van der Waals surface area contributed by atoms with Crippen LogP contribution in [0.1, 0.15) is 38.5 Å². The standard InChI is InChI=1S/C7H13Cl2N/c8-10(9)7-5-3-1-2-4-6-7/h7H,1-6H2. The molecular weight excluding hydrogens is 169 g/mol. The summed E-state index contributed by atoms with van der Waals surface area (Å²) in [6.07, 6.45) is 7.57. The molecule has 1 aliphatic carbocycles. The highest BCUT2D eigenvalue weighted by molar-refractivity contribution is 6.33. The normalized spacial score (nSPS) is 23.1. The molecule has 1 nitrogen and oxygen atoms in total. The first-order valence-electron chi connectivity index (χ1n) is 3.91. The minimum atomic E-state index is 0.408. The second-order valence-electron chi connectivity index (χ2n) is 2.90. The Morgan fingerprint density at radius 3 is 1.80 bits per heavy atom. The maximum absolute atomic E-state index is 5.63. The monoisotopic (exact) mass is 181 g/mol. The van der Waals surface area contributed by atoms with Gasteiger partial charge >= 0.3 is 0 Å². The third-order valence-electron chi connectivity index (χ3n) is 2.10. The van der Waals surface area contributed by atoms with Crippen molar-refractivity contribution >= 4 is 23.6 Å². The molecule has 0 heterocycles. The van der Waals surface area contributed by atoms with E-state index in [0.717, 1.165) is 12.8 Å². The van der Waals surface area contributed by atoms with Crippen LogP contribution in [-0.2, 0) is 0 Å². The van der Waals surface area contributed by atoms with Crippen molar-refractivity contribution in [2.45, 2.75) is 44.6 Å². The van der Waals surface area contributed by atoms with Gasteiger partial charge in [0.1, 0.15) is 0 Å². The fraction of sp³-hybridized carbons (Fsp3) is 1.00. The molecule has 1 saturated carbocycles. The van der Waals surface area contributed by atoms with Crippen molar-refractivity contribution in [1.82, 2.24) is 3.94 Å². The maximum atomic E-state index is 5.63. The Kier molecular flexibility index (Phi) is 3.82. The van der Waals surface area contributed by atoms with E-state index in [1.807, 2.05) is 0 Å². The summed E-state index contributed by atoms with van der Waals surface area (Å²) in [4.78, 5) is 0. The minimum absolute atomic E-state index is 0.408. The van der Waals surface area contributed by atoms with Crippen molar-refractivity contribution in [2.75, 3.05) is 0 Å². The van der Waals surface area contributed by atoms with Crippen LogP contribution in [0.15, 0.2) is 0 Å². The predicted octanol–water partition coefficient (Wildman–Crippen LogP) is 3.32. The van der Waals surface area contributed by atoms with Gasteiger partial charge in [-0.2, -0.15) is 0 Å². The highest BCUT2D eigenvalue weighted by Crippen LogP contribution is 2.24. The van der Waals surface area contributed by atoms with E-state index in [1.165, 1.54) is 29.6 Å². The first kappa shape index (κ1) is 8.63. The van der Waals surface area contributed by atoms with Crippen LogP contribution in [0.2, 0.25) is 0 Å². The van der Waals surface area contributed by atoms with Gasteiger partial charge in [0.25, 0.3) is 0 Å². The lowest BCUT2D eigenvalue weighted by Crippen LogP contribution is -2.17. The highest BCUT2D eigenvalue weighted by Gasteiger charge is 2.16. The molecule has 0 N–H and O–H groups in total. The lowest BCUT2D eigenvalue weighted by Gasteiger charge is -2.15. The van der Waals surface area contributed by atoms with Crippen molar-refractivity contribution in [1.29, 1.82) is 0 Å². The van der Waals surface area contributed by atoms with E-state index in [-0.39, 0.29) is 0 Å². The molecule has 0 aromatic carbocycles. The van der Waals surface area contributed by atoms with E-state index in [0.29, 0.717) is 6.04 Å². The smallest absolute Gasteiger partial charge is 0.0416 e. The summed E-state index contributed by atoms with van der Waals surface area (Å²) >= 11 is 11.3. The van der Waals surface area contributed by atoms with E-state index in [1.54, 1.807) is 0 Å². The van der Waals surface area contributed by atoms with Crippen LogP contribution in [-0.4, -0.2) is 9.98 Å². The fourth-order valence-corrected chi connectivity index (χ4v) is 1.84. The molecule has 0 amide bonds. The molecule has 60 valence electrons. The fourth-order valence-electron chi connectivity index (χ4n) is 1.45. The molecule has 0 bridgehead atoms. The Hall–Kier alpha value is 0.540. The molecule has 1 aliphatic rings. The summed E-state index contributed by atoms with van der Waals surface area (Å²) < 4.78 is 1.32. The van der Waals surface area contributed by atoms with E-state index in [9.17, 15) is 0 Å². The molecule has 1 fully saturated rings. The van der Waals surface area contributed by atoms with Crippen LogP contribution in [0, 0.1) is 0 Å². The summed E-state index contributed by atoms with van der Waals surface area (Å²) in [6, 6.07) is 0.408. The molecule has 3 heteroatoms. The molecule has 0 spiro atoms. The van der Waals surface area contributed by atoms with E-state index >= 15 is 0 Å². The molecule has 0 aliphatic heterocycles. The summed E-state index contributed by atoms with van der Waals surface area (Å²) in [6.45, 7) is 0. The van der Waals surface area contributed by atoms with Gasteiger partial charge < -0.3 is 0 Å². The number of hydrogen-bond donors (Lipinski definition) is 0. The number of hydrogen-bond acceptors (Lipinski definition) is 1. The quantitative estimate of drug-likeness (QED) is 0.444. The van der Waals surface area contributed by atoms with Crippen LogP contribution < -0.4 is 0 Å². The van der Waals surface area contributed by atoms with E-state index < -0.39 is 0 Å². The van der Waals surface area contributed by atoms with Crippen molar-refractivity contribution < 1.29 is 0 Å². The Morgan fingerprint density at radius 2 is 1.40 bits per heavy atom. The molecule has 10 heavy (non-hydrogen) atoms. The molecule has 0 atom stereocenters. The van der Waals surface area contributed by atoms with Gasteiger partial charge in [0.15, 0.2) is 0 Å². The van der Waals surface area contributed by atoms with Crippen LogP contribution >= 0.6 is 23.6 Å². The largest absolute Gasteiger partial charge is 0.129 e. The lowest BCUT2D eigenvalue weighted by atomic mass is 10.1. The van der Waals surface area contributed by atoms with Crippen LogP contribution in [0.5, 0.6) is 0 Å². The first-order valence-corrected chi connectivity index (χ1v) is 4.59. The van der Waals surface area contributed by atoms with Gasteiger partial charge in [0, 0.05) is 6.04 Å². The maximum Gasteiger partial charge on any atom is 0.0416 e. The van der Waals surface area contributed by atoms with Gasteiger partial charge in [-0.15, -0.1) is 3.94 Å². The van der Waals surface area contributed by atoms with E-state index in [2.05, 4.69) is 0 Å². The van der Waals surface area contributed by atoms with Gasteiger partial charge in [-0.25, -0.2) is 0 Å². The first-order chi connectivity index (χ1) is 4.80. The van der Waals surface area contributed by atoms with Gasteiger partial charge in [-0.3, -0.25) is 0 Å². The van der Waals surface area contributed by atoms with Gasteiger partial charge in [0.05, 0.1) is 0 Å². The van der Waals surface area contributed by atoms with Gasteiger partial charge in [-0.1, -0.05) is 25.7 Å². The summed E-state index contributed by atoms with van der Waals surface area (Å²) in [5, 5.41) is 0. The van der Waals surface area contributed by atoms with Gasteiger partial charge in [-0.05, 0) is 36.4 Å². The average molecular weight is 182 g/mol. The zero-order valence-corrected chi connectivity index (χ0v) is 7.53. The third kappa shape index (κ3) is 2.65. The summed E-state index contributed by atoms with van der Waals surface area (Å²) in [5.41, 5.74) is 0. The number of nitrogens with zero attached hydrogens (tertiary/aromatic N) is 1. The zero-order chi connectivity index (χ0) is 7.40. The Morgan fingerprint density at radius 1 is 0.900 bits per heavy atom. The molecule has 0 aromatic heterocycles. The second-order valence-corrected chi connectivity index (χ2v) is 3.81. The molecule has 0 unspecified atom stereocenters. The average Bonchev–Trinajstić information content (AvgIpc) is 2.12. The van der Waals surface area contributed by atoms with Crippen LogP contribution in [0.4, 0.5) is 0 Å². The summed E-state index contributed by atoms with van der Waals surface area (Å²) in [7, 11) is 0. The van der Waals surface area contributed by atoms with Gasteiger partial charge in [0.2, 0.25) is 0 Å². The minimum Gasteiger partial charge on any atom is -0.129 e. The van der Waals surface area contributed by atoms with E-state index in [4.69, 9.17) is 23.6 Å². The Bertz CT molecular complexity index is 87.6. The van der Waals surface area contributed by atoms with Crippen molar-refractivity contribution in [2.24, 2.45) is 0 Å². The molecule has 0 aromatic rings. The topological polar surface area (TPSA) is 3.24 Å². The highest BCUT2D eigenvalue weighted by atomic mass is 35.5. The molecule has 1 rings (SSSR count). The predicted molar refractivity (Wildman–Crippen MR) is 45.0 cm³/mol. The van der Waals surface area contributed by atoms with Crippen LogP contribution in [0.3, 0.4) is 0 Å². The summed E-state index contributed by atoms with van der Waals surface area (Å²) in [5.74, 6) is 0. The SMILES string of the molecule is ClN(Cl)C1CCCCCC1. The number of halogens is 2. The Balaban J connectivity index is 2.28. The molecule has 0 saturated heterocycles. The second kappa shape index (κ2) is 4.42. The van der Waals surface area contributed by atoms with Crippen molar-refractivity contribution in [3.63, 3.8) is 0 Å². The molecule has 0 radical (unpaired) electrons. The Labute approximate surface area is 72.5 Å². The lowest BCUT2D eigenvalue weighted by molar-refractivity contribution is 0.433. The number of rotatable bonds is 1. The van der Waals surface area contributed by atoms with Crippen molar-refractivity contribution in [3.05, 3.63) is 0 Å². The van der Waals surface area contributed by atoms with Crippen LogP contribution in [0.25, 0.3) is 0 Å².